The Labute approximate surface area is 183 Å². The molecule has 1 aliphatic heterocycles. The summed E-state index contributed by atoms with van der Waals surface area (Å²) in [6.45, 7) is 9.62. The molecule has 0 atom stereocenters. The number of thiophene rings is 1. The van der Waals surface area contributed by atoms with Crippen molar-refractivity contribution in [3.63, 3.8) is 0 Å². The molecule has 3 N–H and O–H groups in total. The molecular weight excluding hydrogens is 416 g/mol. The molecule has 0 spiro atoms. The highest BCUT2D eigenvalue weighted by Crippen LogP contribution is 2.48. The first-order valence-electron chi connectivity index (χ1n) is 9.85. The summed E-state index contributed by atoms with van der Waals surface area (Å²) in [5.41, 5.74) is 6.36. The fraction of sp³-hybridized carbons (Fsp3) is 0.364. The number of hydrogen-bond acceptors (Lipinski definition) is 6. The Morgan fingerprint density at radius 3 is 2.68 bits per heavy atom. The van der Waals surface area contributed by atoms with E-state index in [4.69, 9.17) is 10.5 Å². The van der Waals surface area contributed by atoms with E-state index in [2.05, 4.69) is 10.3 Å². The predicted octanol–water partition coefficient (Wildman–Crippen LogP) is 3.00. The maximum Gasteiger partial charge on any atom is 0.270 e. The van der Waals surface area contributed by atoms with Crippen LogP contribution >= 0.6 is 11.3 Å². The number of anilines is 1. The molecule has 0 saturated carbocycles. The minimum Gasteiger partial charge on any atom is -0.365 e. The van der Waals surface area contributed by atoms with Gasteiger partial charge in [0.05, 0.1) is 16.8 Å². The lowest BCUT2D eigenvalue weighted by molar-refractivity contribution is -0.135. The van der Waals surface area contributed by atoms with Crippen molar-refractivity contribution in [2.75, 3.05) is 5.32 Å². The maximum absolute atomic E-state index is 13.0. The van der Waals surface area contributed by atoms with E-state index in [9.17, 15) is 14.4 Å². The molecule has 3 aromatic heterocycles. The summed E-state index contributed by atoms with van der Waals surface area (Å²) >= 11 is 1.25. The van der Waals surface area contributed by atoms with E-state index in [-0.39, 0.29) is 11.1 Å². The molecular formula is C22H24N4O4S. The number of nitrogens with one attached hydrogen (secondary N) is 1. The van der Waals surface area contributed by atoms with E-state index >= 15 is 0 Å². The Morgan fingerprint density at radius 1 is 1.29 bits per heavy atom. The average Bonchev–Trinajstić information content (AvgIpc) is 2.98. The molecule has 0 aromatic carbocycles. The topological polar surface area (TPSA) is 116 Å². The molecule has 0 saturated heterocycles. The van der Waals surface area contributed by atoms with Crippen molar-refractivity contribution in [3.8, 4) is 0 Å². The van der Waals surface area contributed by atoms with Crippen LogP contribution < -0.4 is 16.6 Å². The first-order valence-corrected chi connectivity index (χ1v) is 10.7. The molecule has 4 rings (SSSR count). The number of pyridine rings is 1. The van der Waals surface area contributed by atoms with Crippen molar-refractivity contribution in [3.05, 3.63) is 62.0 Å². The highest BCUT2D eigenvalue weighted by molar-refractivity contribution is 7.17. The molecule has 9 heteroatoms. The number of rotatable bonds is 3. The molecule has 162 valence electrons. The summed E-state index contributed by atoms with van der Waals surface area (Å²) in [4.78, 5) is 43.2. The van der Waals surface area contributed by atoms with Gasteiger partial charge in [0, 0.05) is 23.7 Å². The fourth-order valence-corrected chi connectivity index (χ4v) is 5.43. The molecule has 8 nitrogen and oxygen atoms in total. The van der Waals surface area contributed by atoms with Crippen LogP contribution in [0.25, 0.3) is 5.65 Å². The first-order chi connectivity index (χ1) is 14.4. The zero-order chi connectivity index (χ0) is 22.7. The predicted molar refractivity (Wildman–Crippen MR) is 119 cm³/mol. The molecule has 0 unspecified atom stereocenters. The lowest BCUT2D eigenvalue weighted by Gasteiger charge is -2.41. The fourth-order valence-electron chi connectivity index (χ4n) is 4.17. The Kier molecular flexibility index (Phi) is 4.79. The van der Waals surface area contributed by atoms with E-state index in [0.717, 1.165) is 16.0 Å². The van der Waals surface area contributed by atoms with Crippen molar-refractivity contribution >= 4 is 33.8 Å². The molecule has 0 fully saturated rings. The lowest BCUT2D eigenvalue weighted by atomic mass is 9.86. The lowest BCUT2D eigenvalue weighted by Crippen LogP contribution is -2.42. The van der Waals surface area contributed by atoms with Crippen molar-refractivity contribution < 1.29 is 14.3 Å². The molecule has 3 aromatic rings. The van der Waals surface area contributed by atoms with Crippen molar-refractivity contribution in [1.82, 2.24) is 9.38 Å². The van der Waals surface area contributed by atoms with Crippen LogP contribution in [0.5, 0.6) is 0 Å². The Hall–Kier alpha value is -3.04. The van der Waals surface area contributed by atoms with E-state index < -0.39 is 28.6 Å². The minimum absolute atomic E-state index is 0.126. The van der Waals surface area contributed by atoms with Crippen molar-refractivity contribution in [1.29, 1.82) is 0 Å². The van der Waals surface area contributed by atoms with Gasteiger partial charge in [0.2, 0.25) is 0 Å². The molecule has 0 aliphatic carbocycles. The Morgan fingerprint density at radius 2 is 2.00 bits per heavy atom. The van der Waals surface area contributed by atoms with Gasteiger partial charge in [-0.15, -0.1) is 11.3 Å². The summed E-state index contributed by atoms with van der Waals surface area (Å²) < 4.78 is 7.50. The molecule has 2 amide bonds. The van der Waals surface area contributed by atoms with Gasteiger partial charge in [-0.3, -0.25) is 18.8 Å². The van der Waals surface area contributed by atoms with Crippen LogP contribution in [0.3, 0.4) is 0 Å². The largest absolute Gasteiger partial charge is 0.365 e. The summed E-state index contributed by atoms with van der Waals surface area (Å²) in [6, 6.07) is 3.52. The number of carbonyl (C=O) groups excluding carboxylic acids is 2. The second kappa shape index (κ2) is 7.00. The highest BCUT2D eigenvalue weighted by Gasteiger charge is 2.43. The number of aryl methyl sites for hydroxylation is 1. The Balaban J connectivity index is 1.78. The maximum atomic E-state index is 13.0. The SMILES string of the molecule is Cc1ccn2c(=O)c(C(=O)Nc3sc4c(c3C(N)=O)CC(C)(C)OC4(C)C)cnc2c1. The van der Waals surface area contributed by atoms with Crippen LogP contribution in [0.15, 0.2) is 29.3 Å². The van der Waals surface area contributed by atoms with Gasteiger partial charge in [-0.05, 0) is 57.9 Å². The number of nitrogens with zero attached hydrogens (tertiary/aromatic N) is 2. The van der Waals surface area contributed by atoms with E-state index in [1.807, 2.05) is 34.6 Å². The van der Waals surface area contributed by atoms with Crippen LogP contribution in [-0.4, -0.2) is 26.8 Å². The zero-order valence-electron chi connectivity index (χ0n) is 18.0. The number of primary amides is 1. The number of nitrogens with two attached hydrogens (primary N) is 1. The summed E-state index contributed by atoms with van der Waals surface area (Å²) in [5, 5.41) is 3.03. The summed E-state index contributed by atoms with van der Waals surface area (Å²) in [6.07, 6.45) is 3.31. The van der Waals surface area contributed by atoms with Crippen LogP contribution in [0.4, 0.5) is 5.00 Å². The standard InChI is InChI=1S/C22H24N4O4S/c1-11-6-7-26-14(8-11)24-10-13(20(26)29)18(28)25-19-15(17(23)27)12-9-21(2,3)30-22(4,5)16(12)31-19/h6-8,10H,9H2,1-5H3,(H2,23,27)(H,25,28). The van der Waals surface area contributed by atoms with Gasteiger partial charge in [0.15, 0.2) is 0 Å². The molecule has 0 bridgehead atoms. The molecule has 31 heavy (non-hydrogen) atoms. The van der Waals surface area contributed by atoms with Gasteiger partial charge in [-0.2, -0.15) is 0 Å². The van der Waals surface area contributed by atoms with Gasteiger partial charge in [0.25, 0.3) is 17.4 Å². The van der Waals surface area contributed by atoms with Crippen LogP contribution in [0, 0.1) is 6.92 Å². The highest BCUT2D eigenvalue weighted by atomic mass is 32.1. The normalized spacial score (nSPS) is 16.7. The van der Waals surface area contributed by atoms with Gasteiger partial charge < -0.3 is 15.8 Å². The van der Waals surface area contributed by atoms with E-state index in [1.165, 1.54) is 21.9 Å². The quantitative estimate of drug-likeness (QED) is 0.650. The van der Waals surface area contributed by atoms with Crippen LogP contribution in [0.2, 0.25) is 0 Å². The van der Waals surface area contributed by atoms with Gasteiger partial charge in [0.1, 0.15) is 16.2 Å². The molecule has 4 heterocycles. The number of hydrogen-bond donors (Lipinski definition) is 2. The van der Waals surface area contributed by atoms with Gasteiger partial charge in [-0.25, -0.2) is 4.98 Å². The Bertz CT molecular complexity index is 1300. The number of carbonyl (C=O) groups is 2. The third kappa shape index (κ3) is 3.64. The first kappa shape index (κ1) is 21.2. The number of amides is 2. The summed E-state index contributed by atoms with van der Waals surface area (Å²) in [7, 11) is 0. The second-order valence-corrected chi connectivity index (χ2v) is 9.91. The minimum atomic E-state index is -0.656. The van der Waals surface area contributed by atoms with E-state index in [0.29, 0.717) is 17.1 Å². The number of aromatic nitrogens is 2. The number of ether oxygens (including phenoxy) is 1. The van der Waals surface area contributed by atoms with Crippen LogP contribution in [0.1, 0.15) is 64.4 Å². The van der Waals surface area contributed by atoms with Gasteiger partial charge >= 0.3 is 0 Å². The average molecular weight is 441 g/mol. The van der Waals surface area contributed by atoms with Crippen molar-refractivity contribution in [2.24, 2.45) is 5.73 Å². The zero-order valence-corrected chi connectivity index (χ0v) is 18.8. The number of fused-ring (bicyclic) bond motifs is 2. The third-order valence-corrected chi connectivity index (χ3v) is 6.72. The van der Waals surface area contributed by atoms with Gasteiger partial charge in [-0.1, -0.05) is 0 Å². The van der Waals surface area contributed by atoms with Crippen LogP contribution in [-0.2, 0) is 16.8 Å². The monoisotopic (exact) mass is 440 g/mol. The summed E-state index contributed by atoms with van der Waals surface area (Å²) in [5.74, 6) is -1.28. The molecule has 1 aliphatic rings. The van der Waals surface area contributed by atoms with E-state index in [1.54, 1.807) is 18.3 Å². The second-order valence-electron chi connectivity index (χ2n) is 8.89. The molecule has 0 radical (unpaired) electrons. The third-order valence-electron chi connectivity index (χ3n) is 5.27. The van der Waals surface area contributed by atoms with Crippen molar-refractivity contribution in [2.45, 2.75) is 52.2 Å². The smallest absolute Gasteiger partial charge is 0.270 e.